The van der Waals surface area contributed by atoms with E-state index in [2.05, 4.69) is 38.2 Å². The van der Waals surface area contributed by atoms with Gasteiger partial charge in [0.1, 0.15) is 6.04 Å². The molecule has 2 aromatic carbocycles. The van der Waals surface area contributed by atoms with Gasteiger partial charge in [0.05, 0.1) is 11.2 Å². The summed E-state index contributed by atoms with van der Waals surface area (Å²) in [5.74, 6) is -0.0831. The Morgan fingerprint density at radius 1 is 1.13 bits per heavy atom. The van der Waals surface area contributed by atoms with Crippen molar-refractivity contribution < 1.29 is 4.79 Å². The lowest BCUT2D eigenvalue weighted by Crippen LogP contribution is -2.31. The minimum absolute atomic E-state index is 0.0831. The highest BCUT2D eigenvalue weighted by Gasteiger charge is 2.14. The van der Waals surface area contributed by atoms with Crippen molar-refractivity contribution in [3.63, 3.8) is 0 Å². The predicted molar refractivity (Wildman–Crippen MR) is 103 cm³/mol. The van der Waals surface area contributed by atoms with Crippen molar-refractivity contribution in [2.45, 2.75) is 13.0 Å². The van der Waals surface area contributed by atoms with E-state index in [1.165, 1.54) is 0 Å². The van der Waals surface area contributed by atoms with Crippen LogP contribution in [0.4, 0.5) is 11.4 Å². The van der Waals surface area contributed by atoms with E-state index in [9.17, 15) is 4.79 Å². The van der Waals surface area contributed by atoms with E-state index in [0.29, 0.717) is 0 Å². The van der Waals surface area contributed by atoms with Crippen LogP contribution in [0.1, 0.15) is 6.92 Å². The number of pyridine rings is 1. The van der Waals surface area contributed by atoms with Crippen LogP contribution in [0.5, 0.6) is 0 Å². The molecular weight excluding hydrogens is 401 g/mol. The van der Waals surface area contributed by atoms with Crippen LogP contribution >= 0.6 is 22.6 Å². The van der Waals surface area contributed by atoms with Gasteiger partial charge < -0.3 is 10.6 Å². The number of nitrogens with zero attached hydrogens (tertiary/aromatic N) is 1. The van der Waals surface area contributed by atoms with Crippen LogP contribution in [-0.4, -0.2) is 16.9 Å². The first-order valence-corrected chi connectivity index (χ1v) is 8.38. The number of hydrogen-bond donors (Lipinski definition) is 2. The monoisotopic (exact) mass is 417 g/mol. The van der Waals surface area contributed by atoms with Gasteiger partial charge in [0.15, 0.2) is 0 Å². The van der Waals surface area contributed by atoms with Gasteiger partial charge in [-0.25, -0.2) is 0 Å². The largest absolute Gasteiger partial charge is 0.374 e. The molecule has 5 heteroatoms. The van der Waals surface area contributed by atoms with Crippen LogP contribution in [0.15, 0.2) is 60.8 Å². The maximum atomic E-state index is 12.4. The van der Waals surface area contributed by atoms with Crippen LogP contribution in [0, 0.1) is 3.57 Å². The topological polar surface area (TPSA) is 54.0 Å². The Kier molecular flexibility index (Phi) is 4.76. The van der Waals surface area contributed by atoms with Gasteiger partial charge in [-0.2, -0.15) is 0 Å². The number of halogens is 1. The quantitative estimate of drug-likeness (QED) is 0.624. The van der Waals surface area contributed by atoms with E-state index in [1.54, 1.807) is 6.20 Å². The van der Waals surface area contributed by atoms with Crippen LogP contribution in [0.2, 0.25) is 0 Å². The number of carbonyl (C=O) groups excluding carboxylic acids is 1. The number of anilines is 2. The summed E-state index contributed by atoms with van der Waals surface area (Å²) >= 11 is 2.25. The summed E-state index contributed by atoms with van der Waals surface area (Å²) in [6.45, 7) is 1.85. The van der Waals surface area contributed by atoms with Gasteiger partial charge >= 0.3 is 0 Å². The van der Waals surface area contributed by atoms with Gasteiger partial charge in [-0.05, 0) is 72.0 Å². The van der Waals surface area contributed by atoms with E-state index in [-0.39, 0.29) is 11.9 Å². The van der Waals surface area contributed by atoms with E-state index in [0.717, 1.165) is 25.8 Å². The molecule has 0 aliphatic carbocycles. The predicted octanol–water partition coefficient (Wildman–Crippen LogP) is 4.28. The van der Waals surface area contributed by atoms with Gasteiger partial charge in [-0.15, -0.1) is 0 Å². The molecule has 23 heavy (non-hydrogen) atoms. The number of benzene rings is 2. The number of amides is 1. The second-order valence-electron chi connectivity index (χ2n) is 5.24. The molecule has 0 saturated carbocycles. The lowest BCUT2D eigenvalue weighted by molar-refractivity contribution is -0.116. The Balaban J connectivity index is 1.75. The van der Waals surface area contributed by atoms with Crippen molar-refractivity contribution in [2.24, 2.45) is 0 Å². The molecule has 1 heterocycles. The summed E-state index contributed by atoms with van der Waals surface area (Å²) in [7, 11) is 0. The Morgan fingerprint density at radius 2 is 1.96 bits per heavy atom. The van der Waals surface area contributed by atoms with Gasteiger partial charge in [0.25, 0.3) is 0 Å². The summed E-state index contributed by atoms with van der Waals surface area (Å²) < 4.78 is 1.13. The number of fused-ring (bicyclic) bond motifs is 1. The molecule has 0 radical (unpaired) electrons. The zero-order valence-corrected chi connectivity index (χ0v) is 14.7. The molecule has 0 spiro atoms. The summed E-state index contributed by atoms with van der Waals surface area (Å²) in [5.41, 5.74) is 2.57. The van der Waals surface area contributed by atoms with Crippen molar-refractivity contribution >= 4 is 50.8 Å². The van der Waals surface area contributed by atoms with E-state index in [1.807, 2.05) is 61.5 Å². The number of rotatable bonds is 4. The molecule has 0 bridgehead atoms. The highest BCUT2D eigenvalue weighted by atomic mass is 127. The summed E-state index contributed by atoms with van der Waals surface area (Å²) in [5, 5.41) is 7.13. The fourth-order valence-electron chi connectivity index (χ4n) is 2.35. The van der Waals surface area contributed by atoms with Crippen molar-refractivity contribution in [1.82, 2.24) is 4.98 Å². The van der Waals surface area contributed by atoms with E-state index >= 15 is 0 Å². The third kappa shape index (κ3) is 3.79. The lowest BCUT2D eigenvalue weighted by Gasteiger charge is -2.16. The molecule has 0 saturated heterocycles. The molecule has 3 rings (SSSR count). The van der Waals surface area contributed by atoms with Gasteiger partial charge in [0, 0.05) is 20.8 Å². The fourth-order valence-corrected chi connectivity index (χ4v) is 2.89. The minimum atomic E-state index is -0.347. The number of nitrogens with one attached hydrogen (secondary N) is 2. The third-order valence-corrected chi connectivity index (χ3v) is 4.18. The van der Waals surface area contributed by atoms with Gasteiger partial charge in [-0.1, -0.05) is 12.1 Å². The average molecular weight is 417 g/mol. The maximum Gasteiger partial charge on any atom is 0.246 e. The van der Waals surface area contributed by atoms with Crippen molar-refractivity contribution in [3.05, 3.63) is 64.4 Å². The average Bonchev–Trinajstić information content (AvgIpc) is 2.55. The molecule has 116 valence electrons. The second-order valence-corrected chi connectivity index (χ2v) is 6.49. The highest BCUT2D eigenvalue weighted by Crippen LogP contribution is 2.21. The number of hydrogen-bond acceptors (Lipinski definition) is 3. The van der Waals surface area contributed by atoms with Crippen LogP contribution in [0.25, 0.3) is 10.9 Å². The SMILES string of the molecule is CC(Nc1cccc(I)c1)C(=O)Nc1cccc2ncccc12. The molecule has 1 amide bonds. The first-order valence-electron chi connectivity index (χ1n) is 7.30. The van der Waals surface area contributed by atoms with Crippen molar-refractivity contribution in [3.8, 4) is 0 Å². The van der Waals surface area contributed by atoms with Gasteiger partial charge in [0.2, 0.25) is 5.91 Å². The van der Waals surface area contributed by atoms with Gasteiger partial charge in [-0.3, -0.25) is 9.78 Å². The molecule has 0 aliphatic rings. The molecule has 0 aliphatic heterocycles. The number of aromatic nitrogens is 1. The molecule has 1 unspecified atom stereocenters. The third-order valence-electron chi connectivity index (χ3n) is 3.50. The zero-order chi connectivity index (χ0) is 16.2. The summed E-state index contributed by atoms with van der Waals surface area (Å²) in [4.78, 5) is 16.8. The molecule has 2 N–H and O–H groups in total. The molecule has 0 fully saturated rings. The molecular formula is C18H16IN3O. The van der Waals surface area contributed by atoms with Crippen LogP contribution in [-0.2, 0) is 4.79 Å². The Bertz CT molecular complexity index is 845. The Labute approximate surface area is 148 Å². The second kappa shape index (κ2) is 6.95. The lowest BCUT2D eigenvalue weighted by atomic mass is 10.1. The molecule has 1 aromatic heterocycles. The van der Waals surface area contributed by atoms with Crippen LogP contribution in [0.3, 0.4) is 0 Å². The van der Waals surface area contributed by atoms with Crippen molar-refractivity contribution in [2.75, 3.05) is 10.6 Å². The van der Waals surface area contributed by atoms with Crippen molar-refractivity contribution in [1.29, 1.82) is 0 Å². The minimum Gasteiger partial charge on any atom is -0.374 e. The standard InChI is InChI=1S/C18H16IN3O/c1-12(21-14-6-2-5-13(19)11-14)18(23)22-17-9-3-8-16-15(17)7-4-10-20-16/h2-12,21H,1H3,(H,22,23). The summed E-state index contributed by atoms with van der Waals surface area (Å²) in [6, 6.07) is 17.1. The smallest absolute Gasteiger partial charge is 0.246 e. The normalized spacial score (nSPS) is 11.9. The number of carbonyl (C=O) groups is 1. The fraction of sp³-hybridized carbons (Fsp3) is 0.111. The van der Waals surface area contributed by atoms with E-state index in [4.69, 9.17) is 0 Å². The zero-order valence-electron chi connectivity index (χ0n) is 12.6. The van der Waals surface area contributed by atoms with Crippen LogP contribution < -0.4 is 10.6 Å². The molecule has 3 aromatic rings. The first kappa shape index (κ1) is 15.7. The van der Waals surface area contributed by atoms with E-state index < -0.39 is 0 Å². The Morgan fingerprint density at radius 3 is 2.78 bits per heavy atom. The maximum absolute atomic E-state index is 12.4. The first-order chi connectivity index (χ1) is 11.1. The highest BCUT2D eigenvalue weighted by molar-refractivity contribution is 14.1. The molecule has 1 atom stereocenters. The Hall–Kier alpha value is -2.15. The molecule has 4 nitrogen and oxygen atoms in total. The summed E-state index contributed by atoms with van der Waals surface area (Å²) in [6.07, 6.45) is 1.75.